The fraction of sp³-hybridized carbons (Fsp3) is 1.00. The molecule has 0 spiro atoms. The van der Waals surface area contributed by atoms with Gasteiger partial charge in [0.1, 0.15) is 0 Å². The average molecular weight is 143 g/mol. The Morgan fingerprint density at radius 1 is 1.20 bits per heavy atom. The van der Waals surface area contributed by atoms with Crippen molar-refractivity contribution in [2.24, 2.45) is 0 Å². The summed E-state index contributed by atoms with van der Waals surface area (Å²) in [6.45, 7) is 0. The van der Waals surface area contributed by atoms with Crippen molar-refractivity contribution in [1.29, 1.82) is 0 Å². The molecular weight excluding hydrogens is 126 g/mol. The van der Waals surface area contributed by atoms with Crippen molar-refractivity contribution in [1.82, 2.24) is 15.6 Å². The van der Waals surface area contributed by atoms with Gasteiger partial charge in [-0.05, 0) is 12.8 Å². The number of nitrogens with zero attached hydrogens (tertiary/aromatic N) is 2. The first-order valence-electron chi connectivity index (χ1n) is 3.86. The zero-order chi connectivity index (χ0) is 7.56. The molecule has 0 saturated heterocycles. The smallest absolute Gasteiger partial charge is 0.0253 e. The third-order valence-corrected chi connectivity index (χ3v) is 1.98. The minimum absolute atomic E-state index is 0.766. The van der Waals surface area contributed by atoms with Crippen LogP contribution in [0.25, 0.3) is 0 Å². The van der Waals surface area contributed by atoms with Crippen LogP contribution in [0.3, 0.4) is 0 Å². The zero-order valence-electron chi connectivity index (χ0n) is 7.09. The first kappa shape index (κ1) is 7.98. The van der Waals surface area contributed by atoms with E-state index in [1.165, 1.54) is 19.3 Å². The molecule has 0 amide bonds. The molecule has 0 aromatic rings. The van der Waals surface area contributed by atoms with E-state index in [9.17, 15) is 0 Å². The van der Waals surface area contributed by atoms with Gasteiger partial charge in [0.15, 0.2) is 0 Å². The zero-order valence-corrected chi connectivity index (χ0v) is 7.09. The summed E-state index contributed by atoms with van der Waals surface area (Å²) in [5.41, 5.74) is 3.21. The Bertz CT molecular complexity index is 99.0. The lowest BCUT2D eigenvalue weighted by Gasteiger charge is -2.36. The lowest BCUT2D eigenvalue weighted by atomic mass is 9.93. The molecule has 0 radical (unpaired) electrons. The predicted octanol–water partition coefficient (Wildman–Crippen LogP) is 0.452. The maximum absolute atomic E-state index is 3.21. The van der Waals surface area contributed by atoms with Crippen LogP contribution in [0.1, 0.15) is 19.3 Å². The molecule has 0 aliphatic heterocycles. The fourth-order valence-corrected chi connectivity index (χ4v) is 1.17. The molecule has 0 bridgehead atoms. The highest BCUT2D eigenvalue weighted by molar-refractivity contribution is 4.75. The van der Waals surface area contributed by atoms with Crippen LogP contribution >= 0.6 is 0 Å². The van der Waals surface area contributed by atoms with Crippen LogP contribution < -0.4 is 5.53 Å². The highest BCUT2D eigenvalue weighted by Gasteiger charge is 2.21. The summed E-state index contributed by atoms with van der Waals surface area (Å²) < 4.78 is 0. The summed E-state index contributed by atoms with van der Waals surface area (Å²) in [6.07, 6.45) is 4.08. The van der Waals surface area contributed by atoms with Gasteiger partial charge < -0.3 is 0 Å². The number of hydrazine groups is 2. The van der Waals surface area contributed by atoms with Crippen LogP contribution in [0.2, 0.25) is 0 Å². The van der Waals surface area contributed by atoms with Gasteiger partial charge in [-0.3, -0.25) is 0 Å². The van der Waals surface area contributed by atoms with Crippen molar-refractivity contribution >= 4 is 0 Å². The third kappa shape index (κ3) is 1.94. The normalized spacial score (nSPS) is 20.1. The molecule has 1 saturated carbocycles. The molecule has 0 heterocycles. The van der Waals surface area contributed by atoms with Crippen LogP contribution in [0.15, 0.2) is 0 Å². The molecule has 1 fully saturated rings. The molecule has 3 heteroatoms. The summed E-state index contributed by atoms with van der Waals surface area (Å²) in [5.74, 6) is 0. The van der Waals surface area contributed by atoms with Gasteiger partial charge >= 0.3 is 0 Å². The monoisotopic (exact) mass is 143 g/mol. The van der Waals surface area contributed by atoms with Gasteiger partial charge in [0.25, 0.3) is 0 Å². The molecule has 0 aromatic heterocycles. The quantitative estimate of drug-likeness (QED) is 0.579. The van der Waals surface area contributed by atoms with Crippen molar-refractivity contribution in [3.63, 3.8) is 0 Å². The second kappa shape index (κ2) is 3.32. The maximum atomic E-state index is 3.21. The first-order valence-corrected chi connectivity index (χ1v) is 3.86. The van der Waals surface area contributed by atoms with Crippen LogP contribution in [-0.2, 0) is 0 Å². The molecule has 0 aromatic carbocycles. The summed E-state index contributed by atoms with van der Waals surface area (Å²) in [6, 6.07) is 0.766. The Kier molecular flexibility index (Phi) is 2.65. The first-order chi connectivity index (χ1) is 4.70. The Balaban J connectivity index is 2.13. The summed E-state index contributed by atoms with van der Waals surface area (Å²) in [5, 5.41) is 4.15. The standard InChI is InChI=1S/C7H17N3/c1-9(2)8-10(3)7-5-4-6-7/h7-8H,4-6H2,1-3H3. The second-order valence-electron chi connectivity index (χ2n) is 3.19. The minimum atomic E-state index is 0.766. The molecule has 3 nitrogen and oxygen atoms in total. The molecule has 0 atom stereocenters. The summed E-state index contributed by atoms with van der Waals surface area (Å²) in [7, 11) is 6.12. The average Bonchev–Trinajstić information content (AvgIpc) is 1.55. The molecule has 1 aliphatic carbocycles. The second-order valence-corrected chi connectivity index (χ2v) is 3.19. The molecule has 1 N–H and O–H groups in total. The topological polar surface area (TPSA) is 18.5 Å². The van der Waals surface area contributed by atoms with Gasteiger partial charge in [0, 0.05) is 27.2 Å². The van der Waals surface area contributed by atoms with Gasteiger partial charge in [-0.2, -0.15) is 5.53 Å². The number of nitrogens with one attached hydrogen (secondary N) is 1. The van der Waals surface area contributed by atoms with Crippen molar-refractivity contribution in [3.05, 3.63) is 0 Å². The Hall–Kier alpha value is -0.120. The number of hydrogen-bond donors (Lipinski definition) is 1. The van der Waals surface area contributed by atoms with E-state index in [1.807, 2.05) is 19.1 Å². The molecule has 1 aliphatic rings. The minimum Gasteiger partial charge on any atom is -0.237 e. The maximum Gasteiger partial charge on any atom is 0.0253 e. The van der Waals surface area contributed by atoms with E-state index in [4.69, 9.17) is 0 Å². The van der Waals surface area contributed by atoms with Crippen molar-refractivity contribution < 1.29 is 0 Å². The van der Waals surface area contributed by atoms with E-state index in [0.29, 0.717) is 0 Å². The van der Waals surface area contributed by atoms with Crippen LogP contribution in [-0.4, -0.2) is 37.2 Å². The van der Waals surface area contributed by atoms with Gasteiger partial charge in [0.05, 0.1) is 0 Å². The van der Waals surface area contributed by atoms with E-state index in [0.717, 1.165) is 6.04 Å². The van der Waals surface area contributed by atoms with E-state index in [2.05, 4.69) is 17.6 Å². The van der Waals surface area contributed by atoms with Crippen molar-refractivity contribution in [3.8, 4) is 0 Å². The lowest BCUT2D eigenvalue weighted by molar-refractivity contribution is 0.0163. The van der Waals surface area contributed by atoms with E-state index in [1.54, 1.807) is 0 Å². The SMILES string of the molecule is CN(C)NN(C)C1CCC1. The van der Waals surface area contributed by atoms with Crippen molar-refractivity contribution in [2.75, 3.05) is 21.1 Å². The molecule has 60 valence electrons. The molecule has 10 heavy (non-hydrogen) atoms. The summed E-state index contributed by atoms with van der Waals surface area (Å²) in [4.78, 5) is 0. The predicted molar refractivity (Wildman–Crippen MR) is 42.2 cm³/mol. The largest absolute Gasteiger partial charge is 0.237 e. The number of hydrogen-bond acceptors (Lipinski definition) is 3. The van der Waals surface area contributed by atoms with Gasteiger partial charge in [-0.1, -0.05) is 6.42 Å². The fourth-order valence-electron chi connectivity index (χ4n) is 1.17. The Labute approximate surface area is 62.9 Å². The Morgan fingerprint density at radius 3 is 2.10 bits per heavy atom. The van der Waals surface area contributed by atoms with Gasteiger partial charge in [-0.25, -0.2) is 10.0 Å². The van der Waals surface area contributed by atoms with Crippen LogP contribution in [0.5, 0.6) is 0 Å². The van der Waals surface area contributed by atoms with E-state index in [-0.39, 0.29) is 0 Å². The molecular formula is C7H17N3. The Morgan fingerprint density at radius 2 is 1.80 bits per heavy atom. The summed E-state index contributed by atoms with van der Waals surface area (Å²) >= 11 is 0. The van der Waals surface area contributed by atoms with Gasteiger partial charge in [-0.15, -0.1) is 0 Å². The third-order valence-electron chi connectivity index (χ3n) is 1.98. The van der Waals surface area contributed by atoms with E-state index < -0.39 is 0 Å². The van der Waals surface area contributed by atoms with E-state index >= 15 is 0 Å². The van der Waals surface area contributed by atoms with Gasteiger partial charge in [0.2, 0.25) is 0 Å². The highest BCUT2D eigenvalue weighted by atomic mass is 15.7. The van der Waals surface area contributed by atoms with Crippen LogP contribution in [0.4, 0.5) is 0 Å². The van der Waals surface area contributed by atoms with Crippen LogP contribution in [0, 0.1) is 0 Å². The van der Waals surface area contributed by atoms with Crippen molar-refractivity contribution in [2.45, 2.75) is 25.3 Å². The highest BCUT2D eigenvalue weighted by Crippen LogP contribution is 2.21. The molecule has 1 rings (SSSR count). The molecule has 0 unspecified atom stereocenters. The lowest BCUT2D eigenvalue weighted by Crippen LogP contribution is -2.51. The number of rotatable bonds is 3.